The predicted octanol–water partition coefficient (Wildman–Crippen LogP) is 6.49. The number of pyridine rings is 2. The van der Waals surface area contributed by atoms with Crippen LogP contribution in [0.1, 0.15) is 36.7 Å². The number of carbonyl (C=O) groups is 1. The lowest BCUT2D eigenvalue weighted by atomic mass is 10.0. The van der Waals surface area contributed by atoms with Gasteiger partial charge in [-0.1, -0.05) is 32.9 Å². The maximum atomic E-state index is 13.9. The maximum absolute atomic E-state index is 13.9. The third-order valence-electron chi connectivity index (χ3n) is 7.71. The summed E-state index contributed by atoms with van der Waals surface area (Å²) in [5, 5.41) is 0.115. The molecule has 8 nitrogen and oxygen atoms in total. The summed E-state index contributed by atoms with van der Waals surface area (Å²) in [6, 6.07) is 19.1. The van der Waals surface area contributed by atoms with Gasteiger partial charge in [-0.2, -0.15) is 0 Å². The van der Waals surface area contributed by atoms with E-state index in [9.17, 15) is 9.18 Å². The summed E-state index contributed by atoms with van der Waals surface area (Å²) in [7, 11) is -1.91. The van der Waals surface area contributed by atoms with Crippen LogP contribution in [0.2, 0.25) is 18.1 Å². The van der Waals surface area contributed by atoms with Crippen LogP contribution in [-0.2, 0) is 11.0 Å². The van der Waals surface area contributed by atoms with Gasteiger partial charge in [-0.15, -0.1) is 0 Å². The van der Waals surface area contributed by atoms with Crippen molar-refractivity contribution in [1.82, 2.24) is 19.5 Å². The fourth-order valence-electron chi connectivity index (χ4n) is 4.30. The van der Waals surface area contributed by atoms with Crippen molar-refractivity contribution in [3.05, 3.63) is 89.9 Å². The zero-order valence-electron chi connectivity index (χ0n) is 23.8. The first-order valence-electron chi connectivity index (χ1n) is 13.3. The number of aromatic nitrogens is 4. The number of imidazole rings is 1. The van der Waals surface area contributed by atoms with Gasteiger partial charge in [0.15, 0.2) is 19.8 Å². The molecular formula is C31H33FN6O2Si. The minimum atomic E-state index is -1.91. The Hall–Kier alpha value is -4.41. The topological polar surface area (TPSA) is 122 Å². The molecule has 0 fully saturated rings. The lowest BCUT2D eigenvalue weighted by molar-refractivity contribution is 0.100. The van der Waals surface area contributed by atoms with E-state index < -0.39 is 20.0 Å². The number of carbonyl (C=O) groups excluding carboxylic acids is 1. The summed E-state index contributed by atoms with van der Waals surface area (Å²) in [6.45, 7) is 11.6. The van der Waals surface area contributed by atoms with Gasteiger partial charge in [-0.05, 0) is 78.3 Å². The normalized spacial score (nSPS) is 12.1. The molecule has 0 bridgehead atoms. The summed E-state index contributed by atoms with van der Waals surface area (Å²) in [4.78, 5) is 26.1. The highest BCUT2D eigenvalue weighted by molar-refractivity contribution is 6.74. The Kier molecular flexibility index (Phi) is 7.22. The highest BCUT2D eigenvalue weighted by Crippen LogP contribution is 2.37. The van der Waals surface area contributed by atoms with E-state index in [1.165, 1.54) is 12.1 Å². The molecule has 41 heavy (non-hydrogen) atoms. The fourth-order valence-corrected chi connectivity index (χ4v) is 5.26. The quantitative estimate of drug-likeness (QED) is 0.216. The van der Waals surface area contributed by atoms with Crippen LogP contribution in [0.15, 0.2) is 72.9 Å². The van der Waals surface area contributed by atoms with Gasteiger partial charge in [0.05, 0.1) is 23.4 Å². The molecule has 0 spiro atoms. The summed E-state index contributed by atoms with van der Waals surface area (Å²) >= 11 is 0. The van der Waals surface area contributed by atoms with E-state index in [-0.39, 0.29) is 10.6 Å². The first kappa shape index (κ1) is 28.1. The third-order valence-corrected chi connectivity index (χ3v) is 12.2. The molecule has 0 aliphatic rings. The number of fused-ring (bicyclic) bond motifs is 1. The van der Waals surface area contributed by atoms with E-state index in [1.54, 1.807) is 24.4 Å². The molecule has 2 aromatic carbocycles. The largest absolute Gasteiger partial charge is 0.413 e. The lowest BCUT2D eigenvalue weighted by Crippen LogP contribution is -2.40. The molecule has 3 heterocycles. The van der Waals surface area contributed by atoms with Crippen molar-refractivity contribution in [2.75, 3.05) is 5.73 Å². The Morgan fingerprint density at radius 1 is 1.00 bits per heavy atom. The smallest absolute Gasteiger partial charge is 0.249 e. The third kappa shape index (κ3) is 5.48. The van der Waals surface area contributed by atoms with Crippen molar-refractivity contribution in [3.8, 4) is 28.3 Å². The van der Waals surface area contributed by atoms with Gasteiger partial charge in [0.2, 0.25) is 5.91 Å². The molecular weight excluding hydrogens is 535 g/mol. The summed E-state index contributed by atoms with van der Waals surface area (Å²) < 4.78 is 22.2. The minimum Gasteiger partial charge on any atom is -0.413 e. The predicted molar refractivity (Wildman–Crippen MR) is 162 cm³/mol. The number of nitrogens with zero attached hydrogens (tertiary/aromatic N) is 4. The molecule has 0 atom stereocenters. The Morgan fingerprint density at radius 2 is 1.73 bits per heavy atom. The number of anilines is 1. The molecule has 0 aliphatic carbocycles. The van der Waals surface area contributed by atoms with Crippen LogP contribution in [-0.4, -0.2) is 33.7 Å². The van der Waals surface area contributed by atoms with Crippen molar-refractivity contribution >= 4 is 31.2 Å². The standard InChI is InChI=1S/C31H33FN6O2Si/c1-31(2,3)41(4,5)40-18-19-8-11-21(12-9-19)38-29(23-7-6-16-35-27(23)33)37-26-15-14-25(36-30(26)38)22-13-10-20(32)17-24(22)28(34)39/h6-17H,18H2,1-5H3,(H2,33,35)(H2,34,39). The van der Waals surface area contributed by atoms with E-state index in [4.69, 9.17) is 25.9 Å². The van der Waals surface area contributed by atoms with Gasteiger partial charge in [-0.25, -0.2) is 19.3 Å². The SMILES string of the molecule is CC(C)(C)[Si](C)(C)OCc1ccc(-n2c(-c3cccnc3N)nc3ccc(-c4ccc(F)cc4C(N)=O)nc32)cc1. The van der Waals surface area contributed by atoms with E-state index >= 15 is 0 Å². The molecule has 0 saturated heterocycles. The van der Waals surface area contributed by atoms with Crippen molar-refractivity contribution in [3.63, 3.8) is 0 Å². The van der Waals surface area contributed by atoms with Crippen molar-refractivity contribution in [2.45, 2.75) is 45.5 Å². The molecule has 210 valence electrons. The molecule has 0 saturated carbocycles. The maximum Gasteiger partial charge on any atom is 0.249 e. The van der Waals surface area contributed by atoms with Gasteiger partial charge >= 0.3 is 0 Å². The molecule has 0 aliphatic heterocycles. The number of nitrogens with two attached hydrogens (primary N) is 2. The van der Waals surface area contributed by atoms with Crippen LogP contribution in [0, 0.1) is 5.82 Å². The summed E-state index contributed by atoms with van der Waals surface area (Å²) in [5.41, 5.74) is 16.4. The number of amides is 1. The zero-order valence-corrected chi connectivity index (χ0v) is 24.8. The Morgan fingerprint density at radius 3 is 2.39 bits per heavy atom. The van der Waals surface area contributed by atoms with Crippen LogP contribution >= 0.6 is 0 Å². The van der Waals surface area contributed by atoms with Crippen LogP contribution in [0.4, 0.5) is 10.2 Å². The van der Waals surface area contributed by atoms with Gasteiger partial charge in [0.25, 0.3) is 0 Å². The van der Waals surface area contributed by atoms with Crippen LogP contribution < -0.4 is 11.5 Å². The molecule has 0 radical (unpaired) electrons. The molecule has 5 rings (SSSR count). The van der Waals surface area contributed by atoms with E-state index in [1.807, 2.05) is 34.9 Å². The highest BCUT2D eigenvalue weighted by atomic mass is 28.4. The zero-order chi connectivity index (χ0) is 29.5. The second-order valence-electron chi connectivity index (χ2n) is 11.5. The van der Waals surface area contributed by atoms with E-state index in [0.717, 1.165) is 17.3 Å². The molecule has 0 unspecified atom stereocenters. The van der Waals surface area contributed by atoms with Crippen molar-refractivity contribution < 1.29 is 13.6 Å². The summed E-state index contributed by atoms with van der Waals surface area (Å²) in [6.07, 6.45) is 1.62. The van der Waals surface area contributed by atoms with Gasteiger partial charge < -0.3 is 15.9 Å². The van der Waals surface area contributed by atoms with Crippen molar-refractivity contribution in [2.24, 2.45) is 5.73 Å². The second-order valence-corrected chi connectivity index (χ2v) is 16.3. The Bertz CT molecular complexity index is 1760. The van der Waals surface area contributed by atoms with Crippen LogP contribution in [0.3, 0.4) is 0 Å². The first-order chi connectivity index (χ1) is 19.4. The number of halogens is 1. The molecule has 4 N–H and O–H groups in total. The molecule has 5 aromatic rings. The first-order valence-corrected chi connectivity index (χ1v) is 16.2. The van der Waals surface area contributed by atoms with Gasteiger partial charge in [-0.3, -0.25) is 9.36 Å². The number of benzene rings is 2. The van der Waals surface area contributed by atoms with Gasteiger partial charge in [0, 0.05) is 17.4 Å². The van der Waals surface area contributed by atoms with E-state index in [0.29, 0.717) is 46.2 Å². The minimum absolute atomic E-state index is 0.0470. The highest BCUT2D eigenvalue weighted by Gasteiger charge is 2.37. The molecule has 3 aromatic heterocycles. The number of rotatable bonds is 7. The second kappa shape index (κ2) is 10.5. The number of primary amides is 1. The summed E-state index contributed by atoms with van der Waals surface area (Å²) in [5.74, 6) is -0.400. The van der Waals surface area contributed by atoms with Gasteiger partial charge in [0.1, 0.15) is 17.2 Å². The average molecular weight is 569 g/mol. The van der Waals surface area contributed by atoms with Crippen LogP contribution in [0.5, 0.6) is 0 Å². The fraction of sp³-hybridized carbons (Fsp3) is 0.226. The average Bonchev–Trinajstić information content (AvgIpc) is 3.30. The number of nitrogen functional groups attached to an aromatic ring is 1. The van der Waals surface area contributed by atoms with Crippen LogP contribution in [0.25, 0.3) is 39.5 Å². The number of hydrogen-bond donors (Lipinski definition) is 2. The Balaban J connectivity index is 1.64. The number of hydrogen-bond acceptors (Lipinski definition) is 6. The van der Waals surface area contributed by atoms with Crippen molar-refractivity contribution in [1.29, 1.82) is 0 Å². The molecule has 10 heteroatoms. The van der Waals surface area contributed by atoms with E-state index in [2.05, 4.69) is 38.8 Å². The monoisotopic (exact) mass is 568 g/mol. The molecule has 1 amide bonds. The Labute approximate surface area is 239 Å². The lowest BCUT2D eigenvalue weighted by Gasteiger charge is -2.36.